The van der Waals surface area contributed by atoms with Crippen LogP contribution in [0, 0.1) is 17.8 Å². The van der Waals surface area contributed by atoms with Crippen LogP contribution in [-0.4, -0.2) is 37.2 Å². The maximum atomic E-state index is 12.9. The van der Waals surface area contributed by atoms with Gasteiger partial charge in [-0.1, -0.05) is 286 Å². The van der Waals surface area contributed by atoms with E-state index in [0.717, 1.165) is 75.5 Å². The first-order chi connectivity index (χ1) is 31.7. The Morgan fingerprint density at radius 3 is 0.800 bits per heavy atom. The Hall–Kier alpha value is -1.59. The molecule has 386 valence electrons. The van der Waals surface area contributed by atoms with Gasteiger partial charge in [0.1, 0.15) is 13.2 Å². The van der Waals surface area contributed by atoms with E-state index in [-0.39, 0.29) is 31.1 Å². The molecule has 0 radical (unpaired) electrons. The van der Waals surface area contributed by atoms with E-state index < -0.39 is 6.10 Å². The van der Waals surface area contributed by atoms with Crippen molar-refractivity contribution in [3.8, 4) is 0 Å². The third kappa shape index (κ3) is 50.1. The van der Waals surface area contributed by atoms with Crippen LogP contribution in [0.4, 0.5) is 0 Å². The smallest absolute Gasteiger partial charge is 0.306 e. The van der Waals surface area contributed by atoms with Gasteiger partial charge in [-0.3, -0.25) is 14.4 Å². The standard InChI is InChI=1S/C59H114O6/c1-7-54(5)46-40-34-28-22-19-20-23-30-36-42-48-57(60)63-51-56(52-64-58(61)49-43-37-31-26-25-29-35-41-47-55(6)8-2)65-59(62)50-44-38-32-24-18-16-14-12-10-9-11-13-15-17-21-27-33-39-45-53(3)4/h53-56H,7-52H2,1-6H3/t54?,55?,56-/m0/s1. The molecule has 0 aromatic heterocycles. The van der Waals surface area contributed by atoms with E-state index in [1.807, 2.05) is 0 Å². The largest absolute Gasteiger partial charge is 0.462 e. The zero-order valence-electron chi connectivity index (χ0n) is 44.8. The highest BCUT2D eigenvalue weighted by Gasteiger charge is 2.19. The molecule has 0 aliphatic carbocycles. The van der Waals surface area contributed by atoms with E-state index in [2.05, 4.69) is 41.5 Å². The molecule has 0 spiro atoms. The molecular formula is C59H114O6. The minimum Gasteiger partial charge on any atom is -0.462 e. The monoisotopic (exact) mass is 919 g/mol. The summed E-state index contributed by atoms with van der Waals surface area (Å²) < 4.78 is 16.9. The third-order valence-corrected chi connectivity index (χ3v) is 14.1. The Kier molecular flexibility index (Phi) is 49.1. The van der Waals surface area contributed by atoms with Crippen LogP contribution in [-0.2, 0) is 28.6 Å². The lowest BCUT2D eigenvalue weighted by molar-refractivity contribution is -0.167. The molecule has 0 amide bonds. The summed E-state index contributed by atoms with van der Waals surface area (Å²) in [5.74, 6) is 1.73. The summed E-state index contributed by atoms with van der Waals surface area (Å²) in [7, 11) is 0. The molecule has 0 fully saturated rings. The minimum atomic E-state index is -0.764. The summed E-state index contributed by atoms with van der Waals surface area (Å²) in [6.07, 6.45) is 52.3. The van der Waals surface area contributed by atoms with Crippen molar-refractivity contribution in [1.29, 1.82) is 0 Å². The molecule has 0 aromatic rings. The van der Waals surface area contributed by atoms with Crippen molar-refractivity contribution in [2.24, 2.45) is 17.8 Å². The van der Waals surface area contributed by atoms with Crippen LogP contribution >= 0.6 is 0 Å². The van der Waals surface area contributed by atoms with Gasteiger partial charge in [-0.05, 0) is 37.0 Å². The summed E-state index contributed by atoms with van der Waals surface area (Å²) in [6.45, 7) is 13.8. The predicted molar refractivity (Wildman–Crippen MR) is 279 cm³/mol. The van der Waals surface area contributed by atoms with Gasteiger partial charge in [0.2, 0.25) is 0 Å². The van der Waals surface area contributed by atoms with Gasteiger partial charge >= 0.3 is 17.9 Å². The van der Waals surface area contributed by atoms with Crippen LogP contribution in [0.2, 0.25) is 0 Å². The topological polar surface area (TPSA) is 78.9 Å². The second kappa shape index (κ2) is 50.3. The highest BCUT2D eigenvalue weighted by atomic mass is 16.6. The Morgan fingerprint density at radius 1 is 0.308 bits per heavy atom. The lowest BCUT2D eigenvalue weighted by Gasteiger charge is -2.18. The van der Waals surface area contributed by atoms with E-state index >= 15 is 0 Å². The first-order valence-corrected chi connectivity index (χ1v) is 29.2. The van der Waals surface area contributed by atoms with Crippen molar-refractivity contribution >= 4 is 17.9 Å². The number of carbonyl (C=O) groups excluding carboxylic acids is 3. The zero-order chi connectivity index (χ0) is 47.7. The number of ether oxygens (including phenoxy) is 3. The summed E-state index contributed by atoms with van der Waals surface area (Å²) in [5, 5.41) is 0. The van der Waals surface area contributed by atoms with Gasteiger partial charge in [0.05, 0.1) is 0 Å². The van der Waals surface area contributed by atoms with Crippen LogP contribution < -0.4 is 0 Å². The number of hydrogen-bond donors (Lipinski definition) is 0. The lowest BCUT2D eigenvalue weighted by atomic mass is 9.99. The number of unbranched alkanes of at least 4 members (excludes halogenated alkanes) is 33. The average Bonchev–Trinajstić information content (AvgIpc) is 3.29. The molecule has 3 atom stereocenters. The molecule has 6 heteroatoms. The van der Waals surface area contributed by atoms with Crippen molar-refractivity contribution in [2.45, 2.75) is 330 Å². The van der Waals surface area contributed by atoms with E-state index in [1.165, 1.54) is 205 Å². The lowest BCUT2D eigenvalue weighted by Crippen LogP contribution is -2.30. The third-order valence-electron chi connectivity index (χ3n) is 14.1. The average molecular weight is 920 g/mol. The molecule has 0 N–H and O–H groups in total. The van der Waals surface area contributed by atoms with Gasteiger partial charge < -0.3 is 14.2 Å². The molecule has 0 aliphatic rings. The molecule has 65 heavy (non-hydrogen) atoms. The van der Waals surface area contributed by atoms with Gasteiger partial charge in [0.25, 0.3) is 0 Å². The molecule has 0 rings (SSSR count). The van der Waals surface area contributed by atoms with Crippen molar-refractivity contribution in [3.05, 3.63) is 0 Å². The van der Waals surface area contributed by atoms with Crippen LogP contribution in [0.3, 0.4) is 0 Å². The minimum absolute atomic E-state index is 0.0641. The van der Waals surface area contributed by atoms with Gasteiger partial charge in [-0.25, -0.2) is 0 Å². The molecule has 0 saturated carbocycles. The van der Waals surface area contributed by atoms with Crippen LogP contribution in [0.25, 0.3) is 0 Å². The normalized spacial score (nSPS) is 13.0. The molecule has 6 nitrogen and oxygen atoms in total. The maximum absolute atomic E-state index is 12.9. The first kappa shape index (κ1) is 63.4. The zero-order valence-corrected chi connectivity index (χ0v) is 44.8. The van der Waals surface area contributed by atoms with E-state index in [4.69, 9.17) is 14.2 Å². The van der Waals surface area contributed by atoms with Gasteiger partial charge in [-0.2, -0.15) is 0 Å². The summed E-state index contributed by atoms with van der Waals surface area (Å²) in [5.41, 5.74) is 0. The molecular weight excluding hydrogens is 805 g/mol. The first-order valence-electron chi connectivity index (χ1n) is 29.2. The predicted octanol–water partition coefficient (Wildman–Crippen LogP) is 19.1. The van der Waals surface area contributed by atoms with Gasteiger partial charge in [0.15, 0.2) is 6.10 Å². The number of hydrogen-bond acceptors (Lipinski definition) is 6. The highest BCUT2D eigenvalue weighted by Crippen LogP contribution is 2.19. The second-order valence-corrected chi connectivity index (χ2v) is 21.2. The second-order valence-electron chi connectivity index (χ2n) is 21.2. The Morgan fingerprint density at radius 2 is 0.538 bits per heavy atom. The molecule has 0 aromatic carbocycles. The number of rotatable bonds is 52. The van der Waals surface area contributed by atoms with Crippen LogP contribution in [0.15, 0.2) is 0 Å². The Labute approximate surface area is 406 Å². The van der Waals surface area contributed by atoms with E-state index in [9.17, 15) is 14.4 Å². The van der Waals surface area contributed by atoms with Crippen molar-refractivity contribution in [2.75, 3.05) is 13.2 Å². The van der Waals surface area contributed by atoms with Crippen LogP contribution in [0.5, 0.6) is 0 Å². The van der Waals surface area contributed by atoms with Crippen molar-refractivity contribution in [1.82, 2.24) is 0 Å². The highest BCUT2D eigenvalue weighted by molar-refractivity contribution is 5.71. The maximum Gasteiger partial charge on any atom is 0.306 e. The number of carbonyl (C=O) groups is 3. The van der Waals surface area contributed by atoms with E-state index in [1.54, 1.807) is 0 Å². The van der Waals surface area contributed by atoms with E-state index in [0.29, 0.717) is 19.3 Å². The van der Waals surface area contributed by atoms with Crippen LogP contribution in [0.1, 0.15) is 324 Å². The fraction of sp³-hybridized carbons (Fsp3) is 0.949. The van der Waals surface area contributed by atoms with Crippen molar-refractivity contribution < 1.29 is 28.6 Å². The summed E-state index contributed by atoms with van der Waals surface area (Å²) in [6, 6.07) is 0. The summed E-state index contributed by atoms with van der Waals surface area (Å²) in [4.78, 5) is 38.1. The Bertz CT molecular complexity index is 1010. The molecule has 0 saturated heterocycles. The fourth-order valence-electron chi connectivity index (χ4n) is 8.93. The molecule has 0 aliphatic heterocycles. The summed E-state index contributed by atoms with van der Waals surface area (Å²) >= 11 is 0. The van der Waals surface area contributed by atoms with Crippen molar-refractivity contribution in [3.63, 3.8) is 0 Å². The molecule has 0 heterocycles. The number of esters is 3. The van der Waals surface area contributed by atoms with Gasteiger partial charge in [-0.15, -0.1) is 0 Å². The quantitative estimate of drug-likeness (QED) is 0.0344. The van der Waals surface area contributed by atoms with Gasteiger partial charge in [0, 0.05) is 19.3 Å². The SMILES string of the molecule is CCC(C)CCCCCCCCCCCCC(=O)OC[C@@H](COC(=O)CCCCCCCCCCC(C)CC)OC(=O)CCCCCCCCCCCCCCCCCCCCC(C)C. The fourth-order valence-corrected chi connectivity index (χ4v) is 8.93. The molecule has 0 bridgehead atoms. The Balaban J connectivity index is 4.27. The molecule has 2 unspecified atom stereocenters.